The largest absolute Gasteiger partial charge is 0.376 e. The lowest BCUT2D eigenvalue weighted by Crippen LogP contribution is -2.54. The smallest absolute Gasteiger partial charge is 0.325 e. The van der Waals surface area contributed by atoms with Gasteiger partial charge < -0.3 is 15.0 Å². The Labute approximate surface area is 201 Å². The van der Waals surface area contributed by atoms with E-state index in [1.807, 2.05) is 18.2 Å². The van der Waals surface area contributed by atoms with Crippen LogP contribution in [0.2, 0.25) is 0 Å². The minimum Gasteiger partial charge on any atom is -0.376 e. The summed E-state index contributed by atoms with van der Waals surface area (Å²) in [6, 6.07) is 15.9. The number of rotatable bonds is 8. The number of urea groups is 1. The quantitative estimate of drug-likeness (QED) is 0.609. The zero-order valence-corrected chi connectivity index (χ0v) is 19.7. The number of piperidine rings is 1. The van der Waals surface area contributed by atoms with Gasteiger partial charge in [0.2, 0.25) is 0 Å². The summed E-state index contributed by atoms with van der Waals surface area (Å²) >= 11 is 0. The van der Waals surface area contributed by atoms with Gasteiger partial charge in [0.1, 0.15) is 0 Å². The molecule has 3 aliphatic heterocycles. The highest BCUT2D eigenvalue weighted by atomic mass is 16.5. The summed E-state index contributed by atoms with van der Waals surface area (Å²) < 4.78 is 5.72. The predicted molar refractivity (Wildman–Crippen MR) is 129 cm³/mol. The van der Waals surface area contributed by atoms with Gasteiger partial charge in [-0.15, -0.1) is 0 Å². The SMILES string of the molecule is O=C1N[C@](c2ccccn2)(C2CCN(CCCc3ccccc3)CC2)C(=O)N1C[C@@H]1CCCO1. The lowest BCUT2D eigenvalue weighted by molar-refractivity contribution is -0.135. The van der Waals surface area contributed by atoms with Crippen LogP contribution in [0.1, 0.15) is 43.4 Å². The predicted octanol–water partition coefficient (Wildman–Crippen LogP) is 3.35. The Morgan fingerprint density at radius 1 is 1.03 bits per heavy atom. The molecule has 34 heavy (non-hydrogen) atoms. The fourth-order valence-corrected chi connectivity index (χ4v) is 5.75. The number of amides is 3. The molecule has 3 fully saturated rings. The van der Waals surface area contributed by atoms with Gasteiger partial charge >= 0.3 is 6.03 Å². The topological polar surface area (TPSA) is 74.8 Å². The Balaban J connectivity index is 1.27. The average molecular weight is 463 g/mol. The van der Waals surface area contributed by atoms with E-state index in [9.17, 15) is 9.59 Å². The molecule has 2 aromatic rings. The van der Waals surface area contributed by atoms with Crippen molar-refractivity contribution in [1.29, 1.82) is 0 Å². The van der Waals surface area contributed by atoms with E-state index in [4.69, 9.17) is 4.74 Å². The second kappa shape index (κ2) is 10.2. The molecular formula is C27H34N4O3. The van der Waals surface area contributed by atoms with Gasteiger partial charge in [-0.2, -0.15) is 0 Å². The van der Waals surface area contributed by atoms with E-state index in [-0.39, 0.29) is 24.0 Å². The number of nitrogens with one attached hydrogen (secondary N) is 1. The second-order valence-corrected chi connectivity index (χ2v) is 9.71. The number of imide groups is 1. The first kappa shape index (κ1) is 23.0. The highest BCUT2D eigenvalue weighted by Crippen LogP contribution is 2.41. The van der Waals surface area contributed by atoms with Crippen molar-refractivity contribution in [2.45, 2.75) is 50.2 Å². The van der Waals surface area contributed by atoms with Crippen LogP contribution in [0, 0.1) is 5.92 Å². The van der Waals surface area contributed by atoms with Crippen LogP contribution in [-0.2, 0) is 21.5 Å². The van der Waals surface area contributed by atoms with Gasteiger partial charge in [0, 0.05) is 12.8 Å². The molecule has 7 nitrogen and oxygen atoms in total. The first-order chi connectivity index (χ1) is 16.7. The van der Waals surface area contributed by atoms with Crippen LogP contribution in [-0.4, -0.2) is 65.6 Å². The number of carbonyl (C=O) groups excluding carboxylic acids is 2. The zero-order chi connectivity index (χ0) is 23.4. The van der Waals surface area contributed by atoms with Crippen LogP contribution in [0.3, 0.4) is 0 Å². The zero-order valence-electron chi connectivity index (χ0n) is 19.7. The lowest BCUT2D eigenvalue weighted by atomic mass is 9.75. The Bertz CT molecular complexity index is 972. The molecule has 0 unspecified atom stereocenters. The molecule has 1 N–H and O–H groups in total. The van der Waals surface area contributed by atoms with E-state index in [0.29, 0.717) is 18.8 Å². The normalized spacial score (nSPS) is 26.2. The van der Waals surface area contributed by atoms with Crippen molar-refractivity contribution in [3.63, 3.8) is 0 Å². The number of ether oxygens (including phenoxy) is 1. The summed E-state index contributed by atoms with van der Waals surface area (Å²) in [5, 5.41) is 3.11. The monoisotopic (exact) mass is 462 g/mol. The number of aryl methyl sites for hydroxylation is 1. The van der Waals surface area contributed by atoms with Gasteiger partial charge in [-0.1, -0.05) is 36.4 Å². The van der Waals surface area contributed by atoms with Gasteiger partial charge in [0.15, 0.2) is 5.54 Å². The Kier molecular flexibility index (Phi) is 6.92. The first-order valence-corrected chi connectivity index (χ1v) is 12.6. The molecule has 0 aliphatic carbocycles. The number of nitrogens with zero attached hydrogens (tertiary/aromatic N) is 3. The van der Waals surface area contributed by atoms with Crippen LogP contribution in [0.4, 0.5) is 4.79 Å². The van der Waals surface area contributed by atoms with E-state index in [2.05, 4.69) is 45.5 Å². The Hall–Kier alpha value is -2.77. The maximum absolute atomic E-state index is 13.9. The van der Waals surface area contributed by atoms with Crippen molar-refractivity contribution in [3.8, 4) is 0 Å². The van der Waals surface area contributed by atoms with E-state index < -0.39 is 5.54 Å². The van der Waals surface area contributed by atoms with Gasteiger partial charge in [-0.3, -0.25) is 14.7 Å². The average Bonchev–Trinajstić information content (AvgIpc) is 3.48. The molecule has 3 amide bonds. The van der Waals surface area contributed by atoms with E-state index in [1.165, 1.54) is 10.5 Å². The first-order valence-electron chi connectivity index (χ1n) is 12.6. The number of carbonyl (C=O) groups is 2. The molecule has 1 aromatic heterocycles. The molecule has 2 atom stereocenters. The molecule has 0 radical (unpaired) electrons. The van der Waals surface area contributed by atoms with E-state index in [1.54, 1.807) is 6.20 Å². The molecule has 1 aromatic carbocycles. The minimum absolute atomic E-state index is 0.0127. The number of hydrogen-bond donors (Lipinski definition) is 1. The van der Waals surface area contributed by atoms with Crippen molar-refractivity contribution in [2.75, 3.05) is 32.8 Å². The molecule has 0 spiro atoms. The molecule has 180 valence electrons. The molecule has 7 heteroatoms. The summed E-state index contributed by atoms with van der Waals surface area (Å²) in [6.45, 7) is 3.90. The maximum atomic E-state index is 13.9. The Morgan fingerprint density at radius 3 is 2.53 bits per heavy atom. The molecule has 0 bridgehead atoms. The van der Waals surface area contributed by atoms with Crippen molar-refractivity contribution in [1.82, 2.24) is 20.1 Å². The highest BCUT2D eigenvalue weighted by molar-refractivity contribution is 6.07. The number of aromatic nitrogens is 1. The van der Waals surface area contributed by atoms with Gasteiger partial charge in [0.25, 0.3) is 5.91 Å². The van der Waals surface area contributed by atoms with Crippen LogP contribution in [0.5, 0.6) is 0 Å². The fourth-order valence-electron chi connectivity index (χ4n) is 5.75. The van der Waals surface area contributed by atoms with Crippen molar-refractivity contribution < 1.29 is 14.3 Å². The Morgan fingerprint density at radius 2 is 1.82 bits per heavy atom. The molecule has 5 rings (SSSR count). The minimum atomic E-state index is -1.09. The van der Waals surface area contributed by atoms with Crippen LogP contribution >= 0.6 is 0 Å². The molecule has 3 saturated heterocycles. The van der Waals surface area contributed by atoms with Crippen molar-refractivity contribution >= 4 is 11.9 Å². The summed E-state index contributed by atoms with van der Waals surface area (Å²) in [5.74, 6) is -0.159. The number of pyridine rings is 1. The second-order valence-electron chi connectivity index (χ2n) is 9.71. The maximum Gasteiger partial charge on any atom is 0.325 e. The summed E-state index contributed by atoms with van der Waals surface area (Å²) in [7, 11) is 0. The molecular weight excluding hydrogens is 428 g/mol. The van der Waals surface area contributed by atoms with Crippen LogP contribution < -0.4 is 5.32 Å². The third kappa shape index (κ3) is 4.59. The lowest BCUT2D eigenvalue weighted by Gasteiger charge is -2.40. The highest BCUT2D eigenvalue weighted by Gasteiger charge is 2.58. The molecule has 3 aliphatic rings. The third-order valence-corrected chi connectivity index (χ3v) is 7.59. The number of likely N-dealkylation sites (tertiary alicyclic amines) is 1. The summed E-state index contributed by atoms with van der Waals surface area (Å²) in [4.78, 5) is 35.3. The number of hydrogen-bond acceptors (Lipinski definition) is 5. The third-order valence-electron chi connectivity index (χ3n) is 7.59. The van der Waals surface area contributed by atoms with Gasteiger partial charge in [-0.25, -0.2) is 4.79 Å². The molecule has 4 heterocycles. The fraction of sp³-hybridized carbons (Fsp3) is 0.519. The van der Waals surface area contributed by atoms with E-state index >= 15 is 0 Å². The number of benzene rings is 1. The van der Waals surface area contributed by atoms with Gasteiger partial charge in [0.05, 0.1) is 18.3 Å². The van der Waals surface area contributed by atoms with Crippen LogP contribution in [0.25, 0.3) is 0 Å². The molecule has 0 saturated carbocycles. The van der Waals surface area contributed by atoms with E-state index in [0.717, 1.165) is 58.2 Å². The summed E-state index contributed by atoms with van der Waals surface area (Å²) in [5.41, 5.74) is 0.926. The van der Waals surface area contributed by atoms with Crippen LogP contribution in [0.15, 0.2) is 54.7 Å². The van der Waals surface area contributed by atoms with Crippen molar-refractivity contribution in [3.05, 3.63) is 66.0 Å². The summed E-state index contributed by atoms with van der Waals surface area (Å²) in [6.07, 6.45) is 7.38. The van der Waals surface area contributed by atoms with Crippen molar-refractivity contribution in [2.24, 2.45) is 5.92 Å². The van der Waals surface area contributed by atoms with Gasteiger partial charge in [-0.05, 0) is 81.8 Å². The standard InChI is InChI=1S/C27H34N4O3/c32-25-27(24-12-4-5-15-28-24,29-26(33)31(25)20-23-11-7-19-34-23)22-13-17-30(18-14-22)16-6-10-21-8-2-1-3-9-21/h1-5,8-9,12,15,22-23H,6-7,10-11,13-14,16-20H2,(H,29,33)/t23-,27-/m0/s1.